The minimum Gasteiger partial charge on any atom is -0.368 e. The van der Waals surface area contributed by atoms with Crippen molar-refractivity contribution in [3.63, 3.8) is 0 Å². The Balaban J connectivity index is 1.54. The van der Waals surface area contributed by atoms with E-state index in [1.54, 1.807) is 23.1 Å². The summed E-state index contributed by atoms with van der Waals surface area (Å²) < 4.78 is 39.2. The van der Waals surface area contributed by atoms with E-state index in [0.717, 1.165) is 23.3 Å². The summed E-state index contributed by atoms with van der Waals surface area (Å²) in [6, 6.07) is 22.0. The molecular formula is C26H22ClF3N2O. The Hall–Kier alpha value is -3.25. The van der Waals surface area contributed by atoms with Crippen LogP contribution in [0.1, 0.15) is 16.7 Å². The Morgan fingerprint density at radius 3 is 2.18 bits per heavy atom. The van der Waals surface area contributed by atoms with Crippen molar-refractivity contribution in [2.45, 2.75) is 6.18 Å². The number of alkyl halides is 3. The highest BCUT2D eigenvalue weighted by molar-refractivity contribution is 6.33. The standard InChI is InChI=1S/C26H22ClF3N2O/c27-24-12-5-4-9-20(24)17-23(19-7-2-1-3-8-19)25(33)32-15-13-31(14-16-32)22-11-6-10-21(18-22)26(28,29)30/h1-12,17-18H,13-16H2/b23-17+. The molecule has 1 fully saturated rings. The molecule has 0 atom stereocenters. The molecule has 1 saturated heterocycles. The number of carbonyl (C=O) groups excluding carboxylic acids is 1. The number of hydrogen-bond acceptors (Lipinski definition) is 2. The predicted molar refractivity (Wildman–Crippen MR) is 126 cm³/mol. The zero-order chi connectivity index (χ0) is 23.4. The fraction of sp³-hybridized carbons (Fsp3) is 0.192. The second kappa shape index (κ2) is 9.71. The Morgan fingerprint density at radius 1 is 0.848 bits per heavy atom. The average Bonchev–Trinajstić information content (AvgIpc) is 2.83. The molecule has 170 valence electrons. The molecule has 1 aliphatic heterocycles. The van der Waals surface area contributed by atoms with Gasteiger partial charge >= 0.3 is 6.18 Å². The molecule has 0 bridgehead atoms. The van der Waals surface area contributed by atoms with Crippen molar-refractivity contribution in [3.8, 4) is 0 Å². The van der Waals surface area contributed by atoms with Crippen molar-refractivity contribution in [2.24, 2.45) is 0 Å². The lowest BCUT2D eigenvalue weighted by molar-refractivity contribution is -0.137. The van der Waals surface area contributed by atoms with Crippen LogP contribution in [0.4, 0.5) is 18.9 Å². The van der Waals surface area contributed by atoms with Gasteiger partial charge < -0.3 is 9.80 Å². The first-order chi connectivity index (χ1) is 15.8. The van der Waals surface area contributed by atoms with Crippen molar-refractivity contribution in [1.29, 1.82) is 0 Å². The number of carbonyl (C=O) groups is 1. The average molecular weight is 471 g/mol. The molecule has 0 saturated carbocycles. The van der Waals surface area contributed by atoms with Crippen molar-refractivity contribution >= 4 is 34.8 Å². The molecule has 1 aliphatic rings. The summed E-state index contributed by atoms with van der Waals surface area (Å²) in [5.74, 6) is -0.134. The quantitative estimate of drug-likeness (QED) is 0.332. The van der Waals surface area contributed by atoms with Gasteiger partial charge in [0.25, 0.3) is 5.91 Å². The van der Waals surface area contributed by atoms with Gasteiger partial charge in [-0.15, -0.1) is 0 Å². The molecule has 7 heteroatoms. The molecular weight excluding hydrogens is 449 g/mol. The van der Waals surface area contributed by atoms with E-state index >= 15 is 0 Å². The Labute approximate surface area is 195 Å². The lowest BCUT2D eigenvalue weighted by Gasteiger charge is -2.36. The highest BCUT2D eigenvalue weighted by Crippen LogP contribution is 2.32. The van der Waals surface area contributed by atoms with E-state index in [9.17, 15) is 18.0 Å². The number of piperazine rings is 1. The van der Waals surface area contributed by atoms with Crippen molar-refractivity contribution in [2.75, 3.05) is 31.1 Å². The zero-order valence-electron chi connectivity index (χ0n) is 17.7. The molecule has 4 rings (SSSR count). The number of hydrogen-bond donors (Lipinski definition) is 0. The number of nitrogens with zero attached hydrogens (tertiary/aromatic N) is 2. The smallest absolute Gasteiger partial charge is 0.368 e. The van der Waals surface area contributed by atoms with E-state index in [-0.39, 0.29) is 5.91 Å². The largest absolute Gasteiger partial charge is 0.416 e. The summed E-state index contributed by atoms with van der Waals surface area (Å²) in [5, 5.41) is 0.549. The molecule has 1 amide bonds. The van der Waals surface area contributed by atoms with Gasteiger partial charge in [-0.1, -0.05) is 66.2 Å². The number of anilines is 1. The van der Waals surface area contributed by atoms with Crippen LogP contribution < -0.4 is 4.90 Å². The van der Waals surface area contributed by atoms with E-state index < -0.39 is 11.7 Å². The van der Waals surface area contributed by atoms with Crippen molar-refractivity contribution in [1.82, 2.24) is 4.90 Å². The number of halogens is 4. The number of rotatable bonds is 4. The Kier molecular flexibility index (Phi) is 6.75. The Bertz CT molecular complexity index is 1150. The molecule has 3 nitrogen and oxygen atoms in total. The molecule has 3 aromatic rings. The maximum absolute atomic E-state index is 13.5. The van der Waals surface area contributed by atoms with Crippen LogP contribution in [0.5, 0.6) is 0 Å². The van der Waals surface area contributed by atoms with Crippen molar-refractivity contribution in [3.05, 3.63) is 101 Å². The van der Waals surface area contributed by atoms with Crippen LogP contribution in [0.2, 0.25) is 5.02 Å². The third-order valence-electron chi connectivity index (χ3n) is 5.63. The Morgan fingerprint density at radius 2 is 1.52 bits per heavy atom. The first-order valence-electron chi connectivity index (χ1n) is 10.6. The highest BCUT2D eigenvalue weighted by Gasteiger charge is 2.31. The highest BCUT2D eigenvalue weighted by atomic mass is 35.5. The molecule has 0 N–H and O–H groups in total. The number of benzene rings is 3. The SMILES string of the molecule is O=C(/C(=C/c1ccccc1Cl)c1ccccc1)N1CCN(c2cccc(C(F)(F)F)c2)CC1. The summed E-state index contributed by atoms with van der Waals surface area (Å²) in [4.78, 5) is 17.1. The van der Waals surface area contributed by atoms with Gasteiger partial charge in [0.05, 0.1) is 5.56 Å². The van der Waals surface area contributed by atoms with E-state index in [1.807, 2.05) is 53.4 Å². The van der Waals surface area contributed by atoms with Gasteiger partial charge in [0.1, 0.15) is 0 Å². The minimum absolute atomic E-state index is 0.134. The summed E-state index contributed by atoms with van der Waals surface area (Å²) in [6.07, 6.45) is -2.60. The molecule has 0 aromatic heterocycles. The summed E-state index contributed by atoms with van der Waals surface area (Å²) in [7, 11) is 0. The topological polar surface area (TPSA) is 23.6 Å². The third kappa shape index (κ3) is 5.40. The van der Waals surface area contributed by atoms with Gasteiger partial charge in [-0.25, -0.2) is 0 Å². The van der Waals surface area contributed by atoms with Crippen molar-refractivity contribution < 1.29 is 18.0 Å². The van der Waals surface area contributed by atoms with Crippen LogP contribution in [-0.4, -0.2) is 37.0 Å². The molecule has 0 radical (unpaired) electrons. The summed E-state index contributed by atoms with van der Waals surface area (Å²) >= 11 is 6.32. The van der Waals surface area contributed by atoms with E-state index in [4.69, 9.17) is 11.6 Å². The normalized spacial score (nSPS) is 15.0. The van der Waals surface area contributed by atoms with E-state index in [2.05, 4.69) is 0 Å². The maximum Gasteiger partial charge on any atom is 0.416 e. The molecule has 1 heterocycles. The lowest BCUT2D eigenvalue weighted by atomic mass is 10.0. The first kappa shape index (κ1) is 22.9. The van der Waals surface area contributed by atoms with Crippen LogP contribution in [-0.2, 0) is 11.0 Å². The van der Waals surface area contributed by atoms with Crippen LogP contribution in [0.15, 0.2) is 78.9 Å². The van der Waals surface area contributed by atoms with Crippen LogP contribution in [0.3, 0.4) is 0 Å². The lowest BCUT2D eigenvalue weighted by Crippen LogP contribution is -2.49. The van der Waals surface area contributed by atoms with Gasteiger partial charge in [-0.2, -0.15) is 13.2 Å². The molecule has 0 aliphatic carbocycles. The molecule has 0 unspecified atom stereocenters. The predicted octanol–water partition coefficient (Wildman–Crippen LogP) is 6.25. The first-order valence-corrected chi connectivity index (χ1v) is 10.9. The van der Waals surface area contributed by atoms with Gasteiger partial charge in [0.15, 0.2) is 0 Å². The fourth-order valence-corrected chi connectivity index (χ4v) is 4.04. The number of amides is 1. The second-order valence-corrected chi connectivity index (χ2v) is 8.18. The zero-order valence-corrected chi connectivity index (χ0v) is 18.5. The molecule has 33 heavy (non-hydrogen) atoms. The van der Waals surface area contributed by atoms with E-state index in [0.29, 0.717) is 42.5 Å². The van der Waals surface area contributed by atoms with Gasteiger partial charge in [-0.3, -0.25) is 4.79 Å². The molecule has 3 aromatic carbocycles. The van der Waals surface area contributed by atoms with Gasteiger partial charge in [-0.05, 0) is 41.5 Å². The van der Waals surface area contributed by atoms with Gasteiger partial charge in [0.2, 0.25) is 0 Å². The van der Waals surface area contributed by atoms with Crippen LogP contribution in [0, 0.1) is 0 Å². The summed E-state index contributed by atoms with van der Waals surface area (Å²) in [6.45, 7) is 1.70. The summed E-state index contributed by atoms with van der Waals surface area (Å²) in [5.41, 5.74) is 1.88. The third-order valence-corrected chi connectivity index (χ3v) is 5.97. The van der Waals surface area contributed by atoms with Gasteiger partial charge in [0, 0.05) is 42.5 Å². The maximum atomic E-state index is 13.5. The fourth-order valence-electron chi connectivity index (χ4n) is 3.85. The second-order valence-electron chi connectivity index (χ2n) is 7.77. The van der Waals surface area contributed by atoms with Crippen LogP contribution in [0.25, 0.3) is 11.6 Å². The minimum atomic E-state index is -4.39. The van der Waals surface area contributed by atoms with Crippen LogP contribution >= 0.6 is 11.6 Å². The monoisotopic (exact) mass is 470 g/mol. The van der Waals surface area contributed by atoms with E-state index in [1.165, 1.54) is 6.07 Å². The molecule has 0 spiro atoms.